The van der Waals surface area contributed by atoms with Gasteiger partial charge in [-0.2, -0.15) is 0 Å². The van der Waals surface area contributed by atoms with Crippen LogP contribution < -0.4 is 0 Å². The van der Waals surface area contributed by atoms with Gasteiger partial charge in [-0.05, 0) is 18.1 Å². The molecule has 0 aromatic carbocycles. The van der Waals surface area contributed by atoms with E-state index in [1.54, 1.807) is 0 Å². The van der Waals surface area contributed by atoms with Gasteiger partial charge in [0, 0.05) is 18.8 Å². The first-order chi connectivity index (χ1) is 4.43. The van der Waals surface area contributed by atoms with Gasteiger partial charge in [-0.15, -0.1) is 12.3 Å². The fraction of sp³-hybridized carbons (Fsp3) is 0.250. The zero-order valence-electron chi connectivity index (χ0n) is 5.22. The van der Waals surface area contributed by atoms with Gasteiger partial charge in [-0.1, -0.05) is 0 Å². The molecule has 0 bridgehead atoms. The number of aromatic nitrogens is 1. The van der Waals surface area contributed by atoms with Gasteiger partial charge >= 0.3 is 0 Å². The summed E-state index contributed by atoms with van der Waals surface area (Å²) >= 11 is 0. The van der Waals surface area contributed by atoms with E-state index in [-0.39, 0.29) is 0 Å². The van der Waals surface area contributed by atoms with Gasteiger partial charge in [0.2, 0.25) is 0 Å². The van der Waals surface area contributed by atoms with Crippen molar-refractivity contribution in [3.05, 3.63) is 24.0 Å². The van der Waals surface area contributed by atoms with Gasteiger partial charge in [0.15, 0.2) is 0 Å². The van der Waals surface area contributed by atoms with Crippen molar-refractivity contribution in [3.8, 4) is 12.3 Å². The van der Waals surface area contributed by atoms with Gasteiger partial charge < -0.3 is 4.98 Å². The minimum Gasteiger partial charge on any atom is -0.367 e. The normalized spacial score (nSPS) is 8.78. The molecular weight excluding hydrogens is 110 g/mol. The van der Waals surface area contributed by atoms with E-state index < -0.39 is 0 Å². The summed E-state index contributed by atoms with van der Waals surface area (Å²) in [6.07, 6.45) is 10.8. The number of aromatic amines is 1. The lowest BCUT2D eigenvalue weighted by molar-refractivity contribution is 1.03. The Balaban J connectivity index is 2.41. The molecule has 1 heteroatoms. The van der Waals surface area contributed by atoms with E-state index in [1.165, 1.54) is 5.56 Å². The Morgan fingerprint density at radius 1 is 1.67 bits per heavy atom. The van der Waals surface area contributed by atoms with E-state index >= 15 is 0 Å². The fourth-order valence-electron chi connectivity index (χ4n) is 0.730. The van der Waals surface area contributed by atoms with Gasteiger partial charge in [-0.3, -0.25) is 0 Å². The highest BCUT2D eigenvalue weighted by atomic mass is 14.6. The summed E-state index contributed by atoms with van der Waals surface area (Å²) in [5.41, 5.74) is 1.29. The molecule has 0 spiro atoms. The molecule has 0 fully saturated rings. The average Bonchev–Trinajstić information content (AvgIpc) is 2.34. The summed E-state index contributed by atoms with van der Waals surface area (Å²) in [6, 6.07) is 2.04. The molecule has 1 heterocycles. The molecule has 0 aliphatic heterocycles. The molecule has 0 saturated carbocycles. The van der Waals surface area contributed by atoms with E-state index in [1.807, 2.05) is 18.5 Å². The molecule has 0 saturated heterocycles. The molecule has 0 unspecified atom stereocenters. The Labute approximate surface area is 55.1 Å². The maximum absolute atomic E-state index is 5.08. The molecular formula is C8H9N. The second-order valence-corrected chi connectivity index (χ2v) is 1.92. The third-order valence-corrected chi connectivity index (χ3v) is 1.22. The molecule has 1 nitrogen and oxygen atoms in total. The monoisotopic (exact) mass is 119 g/mol. The highest BCUT2D eigenvalue weighted by molar-refractivity contribution is 5.09. The molecule has 0 aliphatic rings. The molecule has 0 aliphatic carbocycles. The van der Waals surface area contributed by atoms with Crippen LogP contribution in [0.4, 0.5) is 0 Å². The largest absolute Gasteiger partial charge is 0.367 e. The molecule has 46 valence electrons. The standard InChI is InChI=1S/C8H9N/c1-2-3-4-8-5-6-9-7-8/h1,5-7,9H,3-4H2. The Morgan fingerprint density at radius 2 is 2.56 bits per heavy atom. The fourth-order valence-corrected chi connectivity index (χ4v) is 0.730. The number of hydrogen-bond donors (Lipinski definition) is 1. The maximum atomic E-state index is 5.08. The van der Waals surface area contributed by atoms with Crippen molar-refractivity contribution in [1.82, 2.24) is 4.98 Å². The highest BCUT2D eigenvalue weighted by Crippen LogP contribution is 1.98. The first-order valence-corrected chi connectivity index (χ1v) is 2.98. The van der Waals surface area contributed by atoms with Crippen LogP contribution in [0.2, 0.25) is 0 Å². The predicted molar refractivity (Wildman–Crippen MR) is 37.9 cm³/mol. The maximum Gasteiger partial charge on any atom is 0.0127 e. The smallest absolute Gasteiger partial charge is 0.0127 e. The molecule has 0 amide bonds. The van der Waals surface area contributed by atoms with Crippen molar-refractivity contribution in [1.29, 1.82) is 0 Å². The molecule has 0 radical (unpaired) electrons. The topological polar surface area (TPSA) is 15.8 Å². The van der Waals surface area contributed by atoms with Crippen molar-refractivity contribution in [2.24, 2.45) is 0 Å². The summed E-state index contributed by atoms with van der Waals surface area (Å²) in [5, 5.41) is 0. The zero-order valence-corrected chi connectivity index (χ0v) is 5.22. The Bertz CT molecular complexity index is 191. The second-order valence-electron chi connectivity index (χ2n) is 1.92. The summed E-state index contributed by atoms with van der Waals surface area (Å²) < 4.78 is 0. The summed E-state index contributed by atoms with van der Waals surface area (Å²) in [5.74, 6) is 2.59. The minimum absolute atomic E-state index is 0.831. The average molecular weight is 119 g/mol. The van der Waals surface area contributed by atoms with Gasteiger partial charge in [0.05, 0.1) is 0 Å². The van der Waals surface area contributed by atoms with Crippen LogP contribution in [0.15, 0.2) is 18.5 Å². The summed E-state index contributed by atoms with van der Waals surface area (Å²) in [4.78, 5) is 2.97. The number of hydrogen-bond acceptors (Lipinski definition) is 0. The lowest BCUT2D eigenvalue weighted by Gasteiger charge is -1.86. The van der Waals surface area contributed by atoms with Crippen LogP contribution in [-0.4, -0.2) is 4.98 Å². The van der Waals surface area contributed by atoms with E-state index in [2.05, 4.69) is 10.9 Å². The highest BCUT2D eigenvalue weighted by Gasteiger charge is 1.87. The number of aryl methyl sites for hydroxylation is 1. The SMILES string of the molecule is C#CCCc1cc[nH]c1. The summed E-state index contributed by atoms with van der Waals surface area (Å²) in [6.45, 7) is 0. The quantitative estimate of drug-likeness (QED) is 0.569. The van der Waals surface area contributed by atoms with Crippen molar-refractivity contribution < 1.29 is 0 Å². The van der Waals surface area contributed by atoms with Gasteiger partial charge in [-0.25, -0.2) is 0 Å². The first kappa shape index (κ1) is 5.97. The predicted octanol–water partition coefficient (Wildman–Crippen LogP) is 1.58. The van der Waals surface area contributed by atoms with Gasteiger partial charge in [0.1, 0.15) is 0 Å². The van der Waals surface area contributed by atoms with Crippen molar-refractivity contribution in [2.45, 2.75) is 12.8 Å². The van der Waals surface area contributed by atoms with E-state index in [9.17, 15) is 0 Å². The van der Waals surface area contributed by atoms with Crippen LogP contribution in [-0.2, 0) is 6.42 Å². The Hall–Kier alpha value is -1.16. The molecule has 1 aromatic rings. The number of rotatable bonds is 2. The lowest BCUT2D eigenvalue weighted by Crippen LogP contribution is -1.76. The lowest BCUT2D eigenvalue weighted by atomic mass is 10.2. The van der Waals surface area contributed by atoms with Crippen molar-refractivity contribution in [2.75, 3.05) is 0 Å². The van der Waals surface area contributed by atoms with Crippen molar-refractivity contribution >= 4 is 0 Å². The molecule has 0 atom stereocenters. The Kier molecular flexibility index (Phi) is 1.98. The molecule has 1 aromatic heterocycles. The van der Waals surface area contributed by atoms with Crippen LogP contribution in [0.25, 0.3) is 0 Å². The number of terminal acetylenes is 1. The third-order valence-electron chi connectivity index (χ3n) is 1.22. The number of nitrogens with one attached hydrogen (secondary N) is 1. The summed E-state index contributed by atoms with van der Waals surface area (Å²) in [7, 11) is 0. The van der Waals surface area contributed by atoms with E-state index in [0.717, 1.165) is 12.8 Å². The zero-order chi connectivity index (χ0) is 6.53. The van der Waals surface area contributed by atoms with Crippen LogP contribution >= 0.6 is 0 Å². The van der Waals surface area contributed by atoms with Gasteiger partial charge in [0.25, 0.3) is 0 Å². The first-order valence-electron chi connectivity index (χ1n) is 2.98. The van der Waals surface area contributed by atoms with Crippen LogP contribution in [0.3, 0.4) is 0 Å². The van der Waals surface area contributed by atoms with Crippen LogP contribution in [0.5, 0.6) is 0 Å². The molecule has 1 rings (SSSR count). The second kappa shape index (κ2) is 2.99. The van der Waals surface area contributed by atoms with E-state index in [0.29, 0.717) is 0 Å². The van der Waals surface area contributed by atoms with Crippen LogP contribution in [0.1, 0.15) is 12.0 Å². The number of H-pyrrole nitrogens is 1. The van der Waals surface area contributed by atoms with Crippen molar-refractivity contribution in [3.63, 3.8) is 0 Å². The molecule has 9 heavy (non-hydrogen) atoms. The molecule has 1 N–H and O–H groups in total. The van der Waals surface area contributed by atoms with Crippen LogP contribution in [0, 0.1) is 12.3 Å². The minimum atomic E-state index is 0.831. The third kappa shape index (κ3) is 1.65. The Morgan fingerprint density at radius 3 is 3.11 bits per heavy atom. The van der Waals surface area contributed by atoms with E-state index in [4.69, 9.17) is 6.42 Å².